The molecule has 0 radical (unpaired) electrons. The number of amides is 2. The van der Waals surface area contributed by atoms with Crippen molar-refractivity contribution in [1.82, 2.24) is 20.1 Å². The number of rotatable bonds is 6. The Bertz CT molecular complexity index is 841. The average molecular weight is 415 g/mol. The van der Waals surface area contributed by atoms with Crippen LogP contribution in [0.4, 0.5) is 4.79 Å². The van der Waals surface area contributed by atoms with Gasteiger partial charge in [0, 0.05) is 17.1 Å². The van der Waals surface area contributed by atoms with E-state index >= 15 is 0 Å². The second-order valence-electron chi connectivity index (χ2n) is 5.07. The molecule has 138 valence electrons. The number of allylic oxidation sites excluding steroid dienone is 1. The third kappa shape index (κ3) is 4.78. The van der Waals surface area contributed by atoms with Crippen molar-refractivity contribution >= 4 is 47.0 Å². The van der Waals surface area contributed by atoms with Gasteiger partial charge in [0.15, 0.2) is 11.0 Å². The molecule has 1 atom stereocenters. The molecule has 0 aliphatic heterocycles. The Kier molecular flexibility index (Phi) is 7.07. The highest BCUT2D eigenvalue weighted by Gasteiger charge is 2.22. The molecule has 1 aromatic heterocycles. The number of hydrogen-bond donors (Lipinski definition) is 1. The Hall–Kier alpha value is -2.03. The number of hydrogen-bond acceptors (Lipinski definition) is 6. The molecule has 0 fully saturated rings. The summed E-state index contributed by atoms with van der Waals surface area (Å²) in [6.07, 6.45) is 0.864. The number of carbonyl (C=O) groups excluding carboxylic acids is 2. The van der Waals surface area contributed by atoms with Crippen LogP contribution in [0.25, 0.3) is 11.4 Å². The topological polar surface area (TPSA) is 86.1 Å². The number of aromatic nitrogens is 3. The minimum absolute atomic E-state index is 0.412. The number of halogens is 2. The highest BCUT2D eigenvalue weighted by molar-refractivity contribution is 8.00. The fourth-order valence-electron chi connectivity index (χ4n) is 2.00. The predicted octanol–water partition coefficient (Wildman–Crippen LogP) is 3.80. The van der Waals surface area contributed by atoms with Gasteiger partial charge < -0.3 is 4.74 Å². The van der Waals surface area contributed by atoms with Crippen LogP contribution in [0.1, 0.15) is 6.92 Å². The molecule has 10 heteroatoms. The third-order valence-corrected chi connectivity index (χ3v) is 4.89. The van der Waals surface area contributed by atoms with Gasteiger partial charge in [0.1, 0.15) is 0 Å². The van der Waals surface area contributed by atoms with Crippen molar-refractivity contribution in [2.75, 3.05) is 7.11 Å². The molecule has 0 unspecified atom stereocenters. The van der Waals surface area contributed by atoms with Gasteiger partial charge in [-0.1, -0.05) is 41.0 Å². The molecule has 0 aliphatic rings. The summed E-state index contributed by atoms with van der Waals surface area (Å²) in [5, 5.41) is 11.3. The van der Waals surface area contributed by atoms with Crippen molar-refractivity contribution < 1.29 is 14.3 Å². The van der Waals surface area contributed by atoms with E-state index < -0.39 is 17.3 Å². The Balaban J connectivity index is 2.30. The first-order valence-electron chi connectivity index (χ1n) is 7.42. The van der Waals surface area contributed by atoms with Crippen molar-refractivity contribution in [2.24, 2.45) is 0 Å². The fraction of sp³-hybridized carbons (Fsp3) is 0.250. The van der Waals surface area contributed by atoms with Gasteiger partial charge in [-0.3, -0.25) is 14.7 Å². The normalized spacial score (nSPS) is 11.7. The molecule has 1 N–H and O–H groups in total. The lowest BCUT2D eigenvalue weighted by Crippen LogP contribution is -2.36. The second kappa shape index (κ2) is 9.07. The molecule has 1 heterocycles. The standard InChI is InChI=1S/C16H16Cl2N4O3S/c1-4-7-22-13(11-6-5-10(17)8-12(11)18)20-21-15(22)26-9(2)14(23)19-16(24)25-3/h4-6,8-9H,1,7H2,2-3H3,(H,19,23,24)/t9-/m0/s1. The molecule has 0 saturated carbocycles. The molecular weight excluding hydrogens is 399 g/mol. The largest absolute Gasteiger partial charge is 0.453 e. The molecule has 2 aromatic rings. The van der Waals surface area contributed by atoms with Crippen molar-refractivity contribution in [3.8, 4) is 11.4 Å². The van der Waals surface area contributed by atoms with Gasteiger partial charge in [0.25, 0.3) is 0 Å². The molecule has 0 saturated heterocycles. The number of methoxy groups -OCH3 is 1. The van der Waals surface area contributed by atoms with Crippen LogP contribution < -0.4 is 5.32 Å². The van der Waals surface area contributed by atoms with Crippen LogP contribution in [0.3, 0.4) is 0 Å². The van der Waals surface area contributed by atoms with E-state index in [9.17, 15) is 9.59 Å². The molecule has 0 aliphatic carbocycles. The van der Waals surface area contributed by atoms with E-state index in [1.807, 2.05) is 0 Å². The Morgan fingerprint density at radius 1 is 1.42 bits per heavy atom. The lowest BCUT2D eigenvalue weighted by Gasteiger charge is -2.12. The number of imide groups is 1. The summed E-state index contributed by atoms with van der Waals surface area (Å²) in [6.45, 7) is 5.79. The van der Waals surface area contributed by atoms with Crippen molar-refractivity contribution in [3.05, 3.63) is 40.9 Å². The molecule has 1 aromatic carbocycles. The summed E-state index contributed by atoms with van der Waals surface area (Å²) in [5.41, 5.74) is 0.656. The van der Waals surface area contributed by atoms with E-state index in [1.165, 1.54) is 7.11 Å². The van der Waals surface area contributed by atoms with Gasteiger partial charge in [-0.25, -0.2) is 4.79 Å². The maximum Gasteiger partial charge on any atom is 0.413 e. The lowest BCUT2D eigenvalue weighted by molar-refractivity contribution is -0.119. The molecule has 2 amide bonds. The van der Waals surface area contributed by atoms with Gasteiger partial charge >= 0.3 is 6.09 Å². The zero-order valence-corrected chi connectivity index (χ0v) is 16.4. The van der Waals surface area contributed by atoms with Crippen molar-refractivity contribution in [1.29, 1.82) is 0 Å². The van der Waals surface area contributed by atoms with Gasteiger partial charge in [-0.15, -0.1) is 16.8 Å². The van der Waals surface area contributed by atoms with Gasteiger partial charge in [-0.05, 0) is 25.1 Å². The number of thioether (sulfide) groups is 1. The Morgan fingerprint density at radius 2 is 2.15 bits per heavy atom. The molecular formula is C16H16Cl2N4O3S. The van der Waals surface area contributed by atoms with Gasteiger partial charge in [0.2, 0.25) is 5.91 Å². The van der Waals surface area contributed by atoms with E-state index in [-0.39, 0.29) is 0 Å². The number of nitrogens with zero attached hydrogens (tertiary/aromatic N) is 3. The summed E-state index contributed by atoms with van der Waals surface area (Å²) < 4.78 is 6.19. The van der Waals surface area contributed by atoms with Crippen LogP contribution in [0.5, 0.6) is 0 Å². The summed E-state index contributed by atoms with van der Waals surface area (Å²) in [7, 11) is 1.18. The zero-order valence-electron chi connectivity index (χ0n) is 14.0. The highest BCUT2D eigenvalue weighted by atomic mass is 35.5. The van der Waals surface area contributed by atoms with E-state index in [4.69, 9.17) is 23.2 Å². The summed E-state index contributed by atoms with van der Waals surface area (Å²) in [6, 6.07) is 5.07. The lowest BCUT2D eigenvalue weighted by atomic mass is 10.2. The first-order valence-corrected chi connectivity index (χ1v) is 9.06. The summed E-state index contributed by atoms with van der Waals surface area (Å²) in [5.74, 6) is 0.0238. The zero-order chi connectivity index (χ0) is 19.3. The van der Waals surface area contributed by atoms with Crippen LogP contribution >= 0.6 is 35.0 Å². The predicted molar refractivity (Wildman–Crippen MR) is 102 cm³/mol. The summed E-state index contributed by atoms with van der Waals surface area (Å²) in [4.78, 5) is 23.2. The quantitative estimate of drug-likeness (QED) is 0.571. The van der Waals surface area contributed by atoms with Crippen LogP contribution in [0.15, 0.2) is 36.0 Å². The number of carbonyl (C=O) groups is 2. The average Bonchev–Trinajstić information content (AvgIpc) is 2.97. The minimum Gasteiger partial charge on any atom is -0.453 e. The maximum absolute atomic E-state index is 12.0. The molecule has 2 rings (SSSR count). The first-order chi connectivity index (χ1) is 12.4. The Labute approximate surface area is 164 Å². The van der Waals surface area contributed by atoms with Crippen LogP contribution in [0, 0.1) is 0 Å². The fourth-order valence-corrected chi connectivity index (χ4v) is 3.36. The summed E-state index contributed by atoms with van der Waals surface area (Å²) >= 11 is 13.3. The Morgan fingerprint density at radius 3 is 2.77 bits per heavy atom. The SMILES string of the molecule is C=CCn1c(S[C@@H](C)C(=O)NC(=O)OC)nnc1-c1ccc(Cl)cc1Cl. The molecule has 0 bridgehead atoms. The van der Waals surface area contributed by atoms with E-state index in [0.717, 1.165) is 11.8 Å². The van der Waals surface area contributed by atoms with E-state index in [2.05, 4.69) is 26.8 Å². The maximum atomic E-state index is 12.0. The number of nitrogens with one attached hydrogen (secondary N) is 1. The number of benzene rings is 1. The van der Waals surface area contributed by atoms with Crippen molar-refractivity contribution in [3.63, 3.8) is 0 Å². The van der Waals surface area contributed by atoms with Crippen LogP contribution in [-0.4, -0.2) is 39.1 Å². The van der Waals surface area contributed by atoms with Gasteiger partial charge in [0.05, 0.1) is 17.4 Å². The van der Waals surface area contributed by atoms with Crippen LogP contribution in [-0.2, 0) is 16.1 Å². The molecule has 7 nitrogen and oxygen atoms in total. The van der Waals surface area contributed by atoms with E-state index in [0.29, 0.717) is 33.1 Å². The first kappa shape index (κ1) is 20.3. The second-order valence-corrected chi connectivity index (χ2v) is 7.22. The number of ether oxygens (including phenoxy) is 1. The van der Waals surface area contributed by atoms with Crippen molar-refractivity contribution in [2.45, 2.75) is 23.9 Å². The molecule has 26 heavy (non-hydrogen) atoms. The number of alkyl carbamates (subject to hydrolysis) is 1. The third-order valence-electron chi connectivity index (χ3n) is 3.26. The highest BCUT2D eigenvalue weighted by Crippen LogP contribution is 2.32. The van der Waals surface area contributed by atoms with Gasteiger partial charge in [-0.2, -0.15) is 0 Å². The van der Waals surface area contributed by atoms with E-state index in [1.54, 1.807) is 35.8 Å². The molecule has 0 spiro atoms. The minimum atomic E-state index is -0.816. The smallest absolute Gasteiger partial charge is 0.413 e. The monoisotopic (exact) mass is 414 g/mol. The van der Waals surface area contributed by atoms with Crippen LogP contribution in [0.2, 0.25) is 10.0 Å².